The van der Waals surface area contributed by atoms with Crippen LogP contribution < -0.4 is 10.2 Å². The van der Waals surface area contributed by atoms with Gasteiger partial charge in [0.15, 0.2) is 0 Å². The van der Waals surface area contributed by atoms with Gasteiger partial charge in [0, 0.05) is 24.6 Å². The van der Waals surface area contributed by atoms with Gasteiger partial charge in [0.25, 0.3) is 11.8 Å². The summed E-state index contributed by atoms with van der Waals surface area (Å²) in [6, 6.07) is 14.4. The molecule has 2 aliphatic heterocycles. The number of rotatable bonds is 6. The van der Waals surface area contributed by atoms with Crippen LogP contribution in [-0.4, -0.2) is 51.8 Å². The molecule has 1 fully saturated rings. The number of aryl methyl sites for hydroxylation is 1. The third kappa shape index (κ3) is 3.96. The van der Waals surface area contributed by atoms with Gasteiger partial charge in [-0.3, -0.25) is 29.4 Å². The van der Waals surface area contributed by atoms with Crippen LogP contribution in [0.3, 0.4) is 0 Å². The second-order valence-electron chi connectivity index (χ2n) is 8.16. The highest BCUT2D eigenvalue weighted by Crippen LogP contribution is 2.34. The molecule has 2 aromatic carbocycles. The lowest BCUT2D eigenvalue weighted by molar-refractivity contribution is -0.117. The molecule has 0 aliphatic carbocycles. The maximum Gasteiger partial charge on any atom is 0.262 e. The van der Waals surface area contributed by atoms with E-state index in [0.717, 1.165) is 17.0 Å². The number of fused-ring (bicyclic) bond motifs is 1. The molecule has 4 amide bonds. The van der Waals surface area contributed by atoms with Crippen molar-refractivity contribution in [1.29, 1.82) is 0 Å². The van der Waals surface area contributed by atoms with Gasteiger partial charge in [-0.25, -0.2) is 0 Å². The third-order valence-electron chi connectivity index (χ3n) is 6.00. The molecule has 34 heavy (non-hydrogen) atoms. The zero-order valence-electron chi connectivity index (χ0n) is 18.4. The minimum atomic E-state index is -0.544. The average Bonchev–Trinajstić information content (AvgIpc) is 3.53. The van der Waals surface area contributed by atoms with Gasteiger partial charge in [-0.05, 0) is 36.2 Å². The molecule has 3 heterocycles. The minimum absolute atomic E-state index is 0.0145. The largest absolute Gasteiger partial charge is 0.312 e. The first-order valence-corrected chi connectivity index (χ1v) is 11.7. The summed E-state index contributed by atoms with van der Waals surface area (Å²) in [6.07, 6.45) is 1.25. The molecular weight excluding hydrogens is 454 g/mol. The van der Waals surface area contributed by atoms with E-state index >= 15 is 0 Å². The Morgan fingerprint density at radius 1 is 1.03 bits per heavy atom. The van der Waals surface area contributed by atoms with E-state index in [1.807, 2.05) is 24.3 Å². The minimum Gasteiger partial charge on any atom is -0.312 e. The molecule has 1 atom stereocenters. The molecule has 1 N–H and O–H groups in total. The first kappa shape index (κ1) is 21.9. The summed E-state index contributed by atoms with van der Waals surface area (Å²) in [5.41, 5.74) is 2.64. The highest BCUT2D eigenvalue weighted by Gasteiger charge is 2.37. The first-order valence-electron chi connectivity index (χ1n) is 10.9. The molecule has 5 rings (SSSR count). The molecule has 2 aliphatic rings. The number of imide groups is 1. The van der Waals surface area contributed by atoms with Crippen molar-refractivity contribution in [1.82, 2.24) is 15.1 Å². The molecule has 0 radical (unpaired) electrons. The summed E-state index contributed by atoms with van der Waals surface area (Å²) in [7, 11) is 0. The Morgan fingerprint density at radius 3 is 2.35 bits per heavy atom. The fourth-order valence-corrected chi connectivity index (χ4v) is 5.02. The highest BCUT2D eigenvalue weighted by atomic mass is 32.1. The summed E-state index contributed by atoms with van der Waals surface area (Å²) in [4.78, 5) is 52.7. The molecule has 0 spiro atoms. The van der Waals surface area contributed by atoms with E-state index < -0.39 is 24.3 Å². The van der Waals surface area contributed by atoms with Crippen molar-refractivity contribution in [3.63, 3.8) is 0 Å². The number of hydrogen-bond donors (Lipinski definition) is 1. The normalized spacial score (nSPS) is 17.4. The number of benzene rings is 2. The molecule has 1 unspecified atom stereocenters. The van der Waals surface area contributed by atoms with Crippen molar-refractivity contribution in [2.75, 3.05) is 23.3 Å². The Bertz CT molecular complexity index is 1270. The summed E-state index contributed by atoms with van der Waals surface area (Å²) < 4.78 is 0. The number of anilines is 2. The van der Waals surface area contributed by atoms with Gasteiger partial charge in [-0.1, -0.05) is 42.5 Å². The van der Waals surface area contributed by atoms with Crippen molar-refractivity contribution in [3.8, 4) is 0 Å². The average molecular weight is 476 g/mol. The second-order valence-corrected chi connectivity index (χ2v) is 9.17. The van der Waals surface area contributed by atoms with Gasteiger partial charge >= 0.3 is 0 Å². The third-order valence-corrected chi connectivity index (χ3v) is 7.00. The lowest BCUT2D eigenvalue weighted by Gasteiger charge is -2.16. The number of amides is 4. The Balaban J connectivity index is 1.21. The van der Waals surface area contributed by atoms with E-state index in [1.54, 1.807) is 29.2 Å². The first-order chi connectivity index (χ1) is 16.4. The summed E-state index contributed by atoms with van der Waals surface area (Å²) in [6.45, 7) is 2.16. The zero-order chi connectivity index (χ0) is 23.8. The lowest BCUT2D eigenvalue weighted by Crippen LogP contribution is -2.37. The zero-order valence-corrected chi connectivity index (χ0v) is 19.2. The predicted molar refractivity (Wildman–Crippen MR) is 126 cm³/mol. The van der Waals surface area contributed by atoms with E-state index in [9.17, 15) is 19.2 Å². The fraction of sp³-hybridized carbons (Fsp3) is 0.250. The van der Waals surface area contributed by atoms with Crippen LogP contribution in [0.1, 0.15) is 50.5 Å². The van der Waals surface area contributed by atoms with Gasteiger partial charge in [0.2, 0.25) is 16.9 Å². The topological polar surface area (TPSA) is 113 Å². The number of nitrogens with one attached hydrogen (secondary N) is 1. The second kappa shape index (κ2) is 8.79. The standard InChI is InChI=1S/C24H21N5O4S/c1-2-14-7-9-16(10-8-14)28-12-15(11-20(28)31)21-26-27-24(34-21)25-19(30)13-29-22(32)17-5-3-4-6-18(17)23(29)33/h3-10,15H,2,11-13H2,1H3,(H,25,27,30). The van der Waals surface area contributed by atoms with Crippen LogP contribution in [0.15, 0.2) is 48.5 Å². The van der Waals surface area contributed by atoms with Gasteiger partial charge in [-0.2, -0.15) is 0 Å². The van der Waals surface area contributed by atoms with E-state index in [1.165, 1.54) is 16.9 Å². The molecule has 1 aromatic heterocycles. The van der Waals surface area contributed by atoms with Crippen molar-refractivity contribution in [2.45, 2.75) is 25.7 Å². The van der Waals surface area contributed by atoms with Crippen LogP contribution in [0.25, 0.3) is 0 Å². The van der Waals surface area contributed by atoms with E-state index in [2.05, 4.69) is 22.4 Å². The number of carbonyl (C=O) groups excluding carboxylic acids is 4. The van der Waals surface area contributed by atoms with Crippen molar-refractivity contribution in [3.05, 3.63) is 70.2 Å². The van der Waals surface area contributed by atoms with Gasteiger partial charge in [-0.15, -0.1) is 10.2 Å². The van der Waals surface area contributed by atoms with Crippen LogP contribution in [0, 0.1) is 0 Å². The smallest absolute Gasteiger partial charge is 0.262 e. The SMILES string of the molecule is CCc1ccc(N2CC(c3nnc(NC(=O)CN4C(=O)c5ccccc5C4=O)s3)CC2=O)cc1. The summed E-state index contributed by atoms with van der Waals surface area (Å²) >= 11 is 1.19. The van der Waals surface area contributed by atoms with Gasteiger partial charge in [0.05, 0.1) is 11.1 Å². The van der Waals surface area contributed by atoms with E-state index in [-0.39, 0.29) is 17.0 Å². The molecule has 0 bridgehead atoms. The predicted octanol–water partition coefficient (Wildman–Crippen LogP) is 2.86. The Hall–Kier alpha value is -3.92. The van der Waals surface area contributed by atoms with E-state index in [0.29, 0.717) is 29.1 Å². The monoisotopic (exact) mass is 475 g/mol. The van der Waals surface area contributed by atoms with Gasteiger partial charge < -0.3 is 4.90 Å². The molecule has 0 saturated carbocycles. The fourth-order valence-electron chi connectivity index (χ4n) is 4.17. The Kier molecular flexibility index (Phi) is 5.66. The summed E-state index contributed by atoms with van der Waals surface area (Å²) in [5.74, 6) is -1.65. The maximum atomic E-state index is 12.6. The highest BCUT2D eigenvalue weighted by molar-refractivity contribution is 7.15. The molecule has 172 valence electrons. The van der Waals surface area contributed by atoms with Crippen LogP contribution >= 0.6 is 11.3 Å². The molecule has 3 aromatic rings. The van der Waals surface area contributed by atoms with Crippen LogP contribution in [0.4, 0.5) is 10.8 Å². The number of aromatic nitrogens is 2. The van der Waals surface area contributed by atoms with E-state index in [4.69, 9.17) is 0 Å². The van der Waals surface area contributed by atoms with Gasteiger partial charge in [0.1, 0.15) is 11.6 Å². The number of hydrogen-bond acceptors (Lipinski definition) is 7. The van der Waals surface area contributed by atoms with Crippen LogP contribution in [0.2, 0.25) is 0 Å². The van der Waals surface area contributed by atoms with Crippen LogP contribution in [0.5, 0.6) is 0 Å². The van der Waals surface area contributed by atoms with Crippen LogP contribution in [-0.2, 0) is 16.0 Å². The molecular formula is C24H21N5O4S. The summed E-state index contributed by atoms with van der Waals surface area (Å²) in [5, 5.41) is 11.7. The number of nitrogens with zero attached hydrogens (tertiary/aromatic N) is 4. The quantitative estimate of drug-likeness (QED) is 0.549. The Morgan fingerprint density at radius 2 is 1.71 bits per heavy atom. The maximum absolute atomic E-state index is 12.6. The van der Waals surface area contributed by atoms with Crippen molar-refractivity contribution >= 4 is 45.8 Å². The number of carbonyl (C=O) groups is 4. The lowest BCUT2D eigenvalue weighted by atomic mass is 10.1. The molecule has 1 saturated heterocycles. The molecule has 10 heteroatoms. The van der Waals surface area contributed by atoms with Crippen molar-refractivity contribution in [2.24, 2.45) is 0 Å². The Labute approximate surface area is 199 Å². The van der Waals surface area contributed by atoms with Crippen molar-refractivity contribution < 1.29 is 19.2 Å². The molecule has 9 nitrogen and oxygen atoms in total.